The van der Waals surface area contributed by atoms with E-state index in [0.29, 0.717) is 42.1 Å². The van der Waals surface area contributed by atoms with Gasteiger partial charge in [-0.15, -0.1) is 0 Å². The van der Waals surface area contributed by atoms with Crippen LogP contribution in [-0.4, -0.2) is 19.2 Å². The second kappa shape index (κ2) is 7.50. The van der Waals surface area contributed by atoms with Crippen molar-refractivity contribution in [2.45, 2.75) is 51.4 Å². The van der Waals surface area contributed by atoms with Crippen LogP contribution >= 0.6 is 0 Å². The van der Waals surface area contributed by atoms with Gasteiger partial charge in [0.05, 0.1) is 24.9 Å². The van der Waals surface area contributed by atoms with Crippen LogP contribution in [-0.2, 0) is 14.3 Å². The molecular weight excluding hydrogens is 396 g/mol. The lowest BCUT2D eigenvalue weighted by molar-refractivity contribution is -0.150. The third-order valence-corrected chi connectivity index (χ3v) is 10.9. The molecule has 0 aromatic rings. The summed E-state index contributed by atoms with van der Waals surface area (Å²) in [6, 6.07) is 0. The highest BCUT2D eigenvalue weighted by Crippen LogP contribution is 2.62. The number of ether oxygens (including phenoxy) is 2. The molecule has 0 aromatic carbocycles. The Morgan fingerprint density at radius 3 is 2.12 bits per heavy atom. The van der Waals surface area contributed by atoms with Crippen LogP contribution in [0.4, 0.5) is 0 Å². The van der Waals surface area contributed by atoms with Gasteiger partial charge in [-0.25, -0.2) is 0 Å². The van der Waals surface area contributed by atoms with Crippen molar-refractivity contribution >= 4 is 5.97 Å². The highest BCUT2D eigenvalue weighted by atomic mass is 16.5. The minimum atomic E-state index is 0.0853. The van der Waals surface area contributed by atoms with Crippen molar-refractivity contribution in [1.82, 2.24) is 0 Å². The predicted octanol–water partition coefficient (Wildman–Crippen LogP) is 5.78. The van der Waals surface area contributed by atoms with Gasteiger partial charge in [-0.3, -0.25) is 4.79 Å². The van der Waals surface area contributed by atoms with E-state index >= 15 is 0 Å². The van der Waals surface area contributed by atoms with Crippen LogP contribution in [0.25, 0.3) is 0 Å². The first-order chi connectivity index (χ1) is 15.6. The number of carbonyl (C=O) groups excluding carboxylic acids is 1. The lowest BCUT2D eigenvalue weighted by atomic mass is 9.76. The van der Waals surface area contributed by atoms with Crippen molar-refractivity contribution in [3.63, 3.8) is 0 Å². The zero-order valence-electron chi connectivity index (χ0n) is 19.2. The van der Waals surface area contributed by atoms with Crippen LogP contribution in [0.15, 0.2) is 36.6 Å². The van der Waals surface area contributed by atoms with E-state index in [1.54, 1.807) is 0 Å². The monoisotopic (exact) mass is 434 g/mol. The molecule has 5 fully saturated rings. The summed E-state index contributed by atoms with van der Waals surface area (Å²) in [5.74, 6) is 9.14. The maximum absolute atomic E-state index is 12.7. The molecule has 0 aromatic heterocycles. The number of fused-ring (bicyclic) bond motifs is 9. The number of carbonyl (C=O) groups is 1. The number of allylic oxidation sites excluding steroid dienone is 5. The lowest BCUT2D eigenvalue weighted by Gasteiger charge is -2.32. The Hall–Kier alpha value is -1.51. The Bertz CT molecular complexity index is 856. The quantitative estimate of drug-likeness (QED) is 0.289. The molecule has 172 valence electrons. The van der Waals surface area contributed by atoms with Crippen molar-refractivity contribution in [3.05, 3.63) is 36.6 Å². The number of hydrogen-bond donors (Lipinski definition) is 0. The van der Waals surface area contributed by atoms with Gasteiger partial charge in [-0.2, -0.15) is 0 Å². The topological polar surface area (TPSA) is 35.5 Å². The van der Waals surface area contributed by atoms with Gasteiger partial charge < -0.3 is 9.47 Å². The van der Waals surface area contributed by atoms with Crippen molar-refractivity contribution in [2.75, 3.05) is 13.2 Å². The summed E-state index contributed by atoms with van der Waals surface area (Å²) in [4.78, 5) is 12.7. The maximum Gasteiger partial charge on any atom is 0.309 e. The molecule has 7 aliphatic carbocycles. The van der Waals surface area contributed by atoms with E-state index in [1.807, 2.05) is 0 Å². The Balaban J connectivity index is 0.897. The number of esters is 1. The third kappa shape index (κ3) is 3.16. The normalized spacial score (nSPS) is 51.0. The molecule has 3 heteroatoms. The van der Waals surface area contributed by atoms with E-state index in [-0.39, 0.29) is 11.9 Å². The Labute approximate surface area is 192 Å². The molecule has 32 heavy (non-hydrogen) atoms. The fourth-order valence-corrected chi connectivity index (χ4v) is 9.48. The molecule has 7 aliphatic rings. The molecule has 0 spiro atoms. The summed E-state index contributed by atoms with van der Waals surface area (Å²) >= 11 is 0. The molecular formula is C29H38O3. The van der Waals surface area contributed by atoms with Gasteiger partial charge in [0.1, 0.15) is 0 Å². The maximum atomic E-state index is 12.7. The van der Waals surface area contributed by atoms with Crippen molar-refractivity contribution < 1.29 is 14.3 Å². The summed E-state index contributed by atoms with van der Waals surface area (Å²) < 4.78 is 12.2. The minimum absolute atomic E-state index is 0.0853. The first-order valence-corrected chi connectivity index (χ1v) is 13.5. The van der Waals surface area contributed by atoms with Crippen LogP contribution in [0.5, 0.6) is 0 Å². The summed E-state index contributed by atoms with van der Waals surface area (Å²) in [5.41, 5.74) is 0. The van der Waals surface area contributed by atoms with Crippen LogP contribution in [0.1, 0.15) is 51.4 Å². The van der Waals surface area contributed by atoms with Gasteiger partial charge in [-0.05, 0) is 111 Å². The van der Waals surface area contributed by atoms with Crippen molar-refractivity contribution in [2.24, 2.45) is 71.0 Å². The van der Waals surface area contributed by atoms with E-state index in [2.05, 4.69) is 30.9 Å². The first kappa shape index (κ1) is 19.9. The van der Waals surface area contributed by atoms with E-state index in [0.717, 1.165) is 48.4 Å². The fraction of sp³-hybridized carbons (Fsp3) is 0.759. The zero-order chi connectivity index (χ0) is 21.4. The molecule has 7 rings (SSSR count). The lowest BCUT2D eigenvalue weighted by Crippen LogP contribution is -2.28. The molecule has 6 bridgehead atoms. The second-order valence-corrected chi connectivity index (χ2v) is 12.5. The average Bonchev–Trinajstić information content (AvgIpc) is 3.63. The van der Waals surface area contributed by atoms with Crippen LogP contribution < -0.4 is 0 Å². The third-order valence-electron chi connectivity index (χ3n) is 10.9. The summed E-state index contributed by atoms with van der Waals surface area (Å²) in [6.45, 7) is 5.89. The molecule has 0 N–H and O–H groups in total. The highest BCUT2D eigenvalue weighted by molar-refractivity contribution is 5.74. The van der Waals surface area contributed by atoms with Gasteiger partial charge in [0, 0.05) is 5.92 Å². The highest BCUT2D eigenvalue weighted by Gasteiger charge is 2.56. The SMILES string of the molecule is C=C(OCC1CC2CC1C1CC(COC(=O)C3CC4C=CC3C4)CC21)C1CC2C=CC1C2. The average molecular weight is 435 g/mol. The molecule has 12 unspecified atom stereocenters. The van der Waals surface area contributed by atoms with E-state index < -0.39 is 0 Å². The molecule has 3 nitrogen and oxygen atoms in total. The largest absolute Gasteiger partial charge is 0.498 e. The van der Waals surface area contributed by atoms with Gasteiger partial charge in [0.15, 0.2) is 0 Å². The van der Waals surface area contributed by atoms with Gasteiger partial charge in [0.25, 0.3) is 0 Å². The van der Waals surface area contributed by atoms with Crippen molar-refractivity contribution in [1.29, 1.82) is 0 Å². The van der Waals surface area contributed by atoms with Gasteiger partial charge in [0.2, 0.25) is 0 Å². The van der Waals surface area contributed by atoms with Gasteiger partial charge >= 0.3 is 5.97 Å². The Morgan fingerprint density at radius 1 is 0.719 bits per heavy atom. The Kier molecular flexibility index (Phi) is 4.67. The Morgan fingerprint density at radius 2 is 1.44 bits per heavy atom. The molecule has 0 amide bonds. The number of hydrogen-bond acceptors (Lipinski definition) is 3. The molecule has 0 aliphatic heterocycles. The smallest absolute Gasteiger partial charge is 0.309 e. The summed E-state index contributed by atoms with van der Waals surface area (Å²) in [6.07, 6.45) is 19.4. The molecule has 12 atom stereocenters. The van der Waals surface area contributed by atoms with Gasteiger partial charge in [-0.1, -0.05) is 30.9 Å². The molecule has 0 saturated heterocycles. The zero-order valence-corrected chi connectivity index (χ0v) is 19.2. The minimum Gasteiger partial charge on any atom is -0.498 e. The van der Waals surface area contributed by atoms with E-state index in [4.69, 9.17) is 9.47 Å². The second-order valence-electron chi connectivity index (χ2n) is 12.5. The first-order valence-electron chi connectivity index (χ1n) is 13.5. The standard InChI is InChI=1S/C29H38O3/c1-16(24-8-17-2-4-20(24)6-17)31-15-23-12-22-13-26(23)28-11-19(10-25(22)28)14-32-29(30)27-9-18-3-5-21(27)7-18/h2-5,17-28H,1,6-15H2. The summed E-state index contributed by atoms with van der Waals surface area (Å²) in [5, 5.41) is 0. The number of rotatable bonds is 7. The summed E-state index contributed by atoms with van der Waals surface area (Å²) in [7, 11) is 0. The molecule has 0 radical (unpaired) electrons. The predicted molar refractivity (Wildman–Crippen MR) is 123 cm³/mol. The van der Waals surface area contributed by atoms with E-state index in [9.17, 15) is 4.79 Å². The molecule has 0 heterocycles. The van der Waals surface area contributed by atoms with Crippen molar-refractivity contribution in [3.8, 4) is 0 Å². The fourth-order valence-electron chi connectivity index (χ4n) is 9.48. The van der Waals surface area contributed by atoms with Crippen LogP contribution in [0, 0.1) is 71.0 Å². The van der Waals surface area contributed by atoms with Crippen LogP contribution in [0.2, 0.25) is 0 Å². The van der Waals surface area contributed by atoms with Crippen LogP contribution in [0.3, 0.4) is 0 Å². The van der Waals surface area contributed by atoms with E-state index in [1.165, 1.54) is 44.9 Å². The molecule has 5 saturated carbocycles.